The van der Waals surface area contributed by atoms with Crippen LogP contribution in [0.2, 0.25) is 0 Å². The van der Waals surface area contributed by atoms with E-state index < -0.39 is 30.1 Å². The average molecular weight is 320 g/mol. The van der Waals surface area contributed by atoms with Crippen LogP contribution in [0.3, 0.4) is 0 Å². The van der Waals surface area contributed by atoms with Gasteiger partial charge in [-0.3, -0.25) is 0 Å². The number of hydrogen-bond donors (Lipinski definition) is 1. The minimum Gasteiger partial charge on any atom is -0.431 e. The lowest BCUT2D eigenvalue weighted by Crippen LogP contribution is -2.34. The molecule has 1 aromatic rings. The maximum Gasteiger partial charge on any atom is 0.420 e. The Labute approximate surface area is 102 Å². The van der Waals surface area contributed by atoms with Crippen molar-refractivity contribution in [1.82, 2.24) is 0 Å². The van der Waals surface area contributed by atoms with Gasteiger partial charge in [-0.1, -0.05) is 15.9 Å². The Morgan fingerprint density at radius 3 is 2.24 bits per heavy atom. The molecule has 17 heavy (non-hydrogen) atoms. The van der Waals surface area contributed by atoms with Gasteiger partial charge >= 0.3 is 12.3 Å². The highest BCUT2D eigenvalue weighted by molar-refractivity contribution is 9.10. The van der Waals surface area contributed by atoms with E-state index in [0.717, 1.165) is 12.1 Å². The fraction of sp³-hybridized carbons (Fsp3) is 0.333. The van der Waals surface area contributed by atoms with Crippen LogP contribution in [0.4, 0.5) is 22.0 Å². The first kappa shape index (κ1) is 14.2. The number of halogens is 6. The highest BCUT2D eigenvalue weighted by atomic mass is 79.9. The third kappa shape index (κ3) is 3.81. The summed E-state index contributed by atoms with van der Waals surface area (Å²) in [5.41, 5.74) is 3.39. The molecule has 0 heterocycles. The molecule has 0 spiro atoms. The zero-order valence-corrected chi connectivity index (χ0v) is 9.78. The molecular weight excluding hydrogens is 313 g/mol. The first-order chi connectivity index (χ1) is 7.65. The Kier molecular flexibility index (Phi) is 3.98. The summed E-state index contributed by atoms with van der Waals surface area (Å²) in [7, 11) is 0. The molecule has 0 bridgehead atoms. The Morgan fingerprint density at radius 2 is 1.76 bits per heavy atom. The Morgan fingerprint density at radius 1 is 1.18 bits per heavy atom. The summed E-state index contributed by atoms with van der Waals surface area (Å²) >= 11 is 2.82. The number of nitrogens with two attached hydrogens (primary N) is 1. The fourth-order valence-electron chi connectivity index (χ4n) is 1.02. The maximum atomic E-state index is 12.8. The van der Waals surface area contributed by atoms with E-state index in [9.17, 15) is 22.0 Å². The van der Waals surface area contributed by atoms with Crippen molar-refractivity contribution in [3.8, 4) is 5.75 Å². The van der Waals surface area contributed by atoms with E-state index >= 15 is 0 Å². The van der Waals surface area contributed by atoms with Crippen LogP contribution in [0, 0.1) is 0 Å². The number of ether oxygens (including phenoxy) is 1. The molecule has 0 atom stereocenters. The Hall–Kier alpha value is -0.890. The molecule has 8 heteroatoms. The SMILES string of the molecule is NCC(F)(F)Oc1ccc(Br)cc1C(F)(F)F. The molecular formula is C9H7BrF5NO. The molecule has 0 amide bonds. The lowest BCUT2D eigenvalue weighted by atomic mass is 10.2. The van der Waals surface area contributed by atoms with Crippen molar-refractivity contribution in [1.29, 1.82) is 0 Å². The Bertz CT molecular complexity index is 407. The maximum absolute atomic E-state index is 12.8. The largest absolute Gasteiger partial charge is 0.431 e. The van der Waals surface area contributed by atoms with Gasteiger partial charge in [0.1, 0.15) is 5.75 Å². The van der Waals surface area contributed by atoms with E-state index in [4.69, 9.17) is 0 Å². The molecule has 96 valence electrons. The molecule has 0 saturated carbocycles. The zero-order chi connectivity index (χ0) is 13.3. The minimum absolute atomic E-state index is 0.105. The van der Waals surface area contributed by atoms with Gasteiger partial charge < -0.3 is 10.5 Å². The standard InChI is InChI=1S/C9H7BrF5NO/c10-5-1-2-7(17-8(11,12)4-16)6(3-5)9(13,14)15/h1-3H,4,16H2. The Balaban J connectivity index is 3.16. The van der Waals surface area contributed by atoms with Gasteiger partial charge in [-0.05, 0) is 18.2 Å². The molecule has 1 aromatic carbocycles. The van der Waals surface area contributed by atoms with Crippen molar-refractivity contribution in [2.75, 3.05) is 6.54 Å². The predicted molar refractivity (Wildman–Crippen MR) is 53.8 cm³/mol. The van der Waals surface area contributed by atoms with Gasteiger partial charge in [0.2, 0.25) is 0 Å². The molecule has 0 aliphatic carbocycles. The molecule has 0 aliphatic rings. The minimum atomic E-state index is -4.79. The van der Waals surface area contributed by atoms with E-state index in [0.29, 0.717) is 6.07 Å². The number of rotatable bonds is 3. The van der Waals surface area contributed by atoms with Crippen LogP contribution in [0.5, 0.6) is 5.75 Å². The molecule has 2 N–H and O–H groups in total. The van der Waals surface area contributed by atoms with Crippen molar-refractivity contribution in [2.24, 2.45) is 5.73 Å². The molecule has 0 unspecified atom stereocenters. The van der Waals surface area contributed by atoms with Crippen molar-refractivity contribution in [2.45, 2.75) is 12.3 Å². The summed E-state index contributed by atoms with van der Waals surface area (Å²) in [6.45, 7) is -1.21. The highest BCUT2D eigenvalue weighted by Crippen LogP contribution is 2.39. The normalized spacial score (nSPS) is 12.6. The molecule has 1 rings (SSSR count). The number of benzene rings is 1. The van der Waals surface area contributed by atoms with Crippen molar-refractivity contribution in [3.05, 3.63) is 28.2 Å². The van der Waals surface area contributed by atoms with Crippen LogP contribution >= 0.6 is 15.9 Å². The smallest absolute Gasteiger partial charge is 0.420 e. The van der Waals surface area contributed by atoms with E-state index in [1.54, 1.807) is 0 Å². The lowest BCUT2D eigenvalue weighted by molar-refractivity contribution is -0.175. The molecule has 0 aromatic heterocycles. The van der Waals surface area contributed by atoms with Crippen LogP contribution in [-0.2, 0) is 6.18 Å². The predicted octanol–water partition coefficient (Wildman–Crippen LogP) is 3.40. The summed E-state index contributed by atoms with van der Waals surface area (Å²) < 4.78 is 67.2. The zero-order valence-electron chi connectivity index (χ0n) is 8.19. The summed E-state index contributed by atoms with van der Waals surface area (Å²) in [6, 6.07) is 2.62. The van der Waals surface area contributed by atoms with E-state index in [1.165, 1.54) is 0 Å². The van der Waals surface area contributed by atoms with Gasteiger partial charge in [0, 0.05) is 4.47 Å². The van der Waals surface area contributed by atoms with Crippen molar-refractivity contribution >= 4 is 15.9 Å². The quantitative estimate of drug-likeness (QED) is 0.867. The molecule has 0 aliphatic heterocycles. The average Bonchev–Trinajstić information content (AvgIpc) is 2.19. The van der Waals surface area contributed by atoms with Gasteiger partial charge in [-0.2, -0.15) is 22.0 Å². The molecule has 0 fully saturated rings. The fourth-order valence-corrected chi connectivity index (χ4v) is 1.38. The number of alkyl halides is 5. The van der Waals surface area contributed by atoms with Crippen molar-refractivity contribution in [3.63, 3.8) is 0 Å². The second kappa shape index (κ2) is 4.77. The molecule has 0 saturated heterocycles. The van der Waals surface area contributed by atoms with Gasteiger partial charge in [0.15, 0.2) is 0 Å². The van der Waals surface area contributed by atoms with Gasteiger partial charge in [-0.25, -0.2) is 0 Å². The van der Waals surface area contributed by atoms with Gasteiger partial charge in [0.05, 0.1) is 12.1 Å². The third-order valence-electron chi connectivity index (χ3n) is 1.74. The van der Waals surface area contributed by atoms with Gasteiger partial charge in [-0.15, -0.1) is 0 Å². The second-order valence-electron chi connectivity index (χ2n) is 3.08. The summed E-state index contributed by atoms with van der Waals surface area (Å²) in [5.74, 6) is -0.962. The highest BCUT2D eigenvalue weighted by Gasteiger charge is 2.38. The van der Waals surface area contributed by atoms with E-state index in [2.05, 4.69) is 26.4 Å². The summed E-state index contributed by atoms with van der Waals surface area (Å²) in [5, 5.41) is 0. The first-order valence-electron chi connectivity index (χ1n) is 4.29. The van der Waals surface area contributed by atoms with E-state index in [1.807, 2.05) is 0 Å². The van der Waals surface area contributed by atoms with E-state index in [-0.39, 0.29) is 4.47 Å². The lowest BCUT2D eigenvalue weighted by Gasteiger charge is -2.19. The summed E-state index contributed by atoms with van der Waals surface area (Å²) in [4.78, 5) is 0. The number of hydrogen-bond acceptors (Lipinski definition) is 2. The summed E-state index contributed by atoms with van der Waals surface area (Å²) in [6.07, 6.45) is -8.63. The van der Waals surface area contributed by atoms with Crippen LogP contribution in [0.15, 0.2) is 22.7 Å². The molecule has 2 nitrogen and oxygen atoms in total. The first-order valence-corrected chi connectivity index (χ1v) is 5.08. The second-order valence-corrected chi connectivity index (χ2v) is 4.00. The van der Waals surface area contributed by atoms with Crippen LogP contribution < -0.4 is 10.5 Å². The topological polar surface area (TPSA) is 35.2 Å². The monoisotopic (exact) mass is 319 g/mol. The van der Waals surface area contributed by atoms with Crippen LogP contribution in [-0.4, -0.2) is 12.7 Å². The third-order valence-corrected chi connectivity index (χ3v) is 2.24. The van der Waals surface area contributed by atoms with Crippen molar-refractivity contribution < 1.29 is 26.7 Å². The van der Waals surface area contributed by atoms with Gasteiger partial charge in [0.25, 0.3) is 0 Å². The van der Waals surface area contributed by atoms with Crippen LogP contribution in [0.25, 0.3) is 0 Å². The van der Waals surface area contributed by atoms with Crippen LogP contribution in [0.1, 0.15) is 5.56 Å². The molecule has 0 radical (unpaired) electrons.